The molecule has 0 N–H and O–H groups in total. The van der Waals surface area contributed by atoms with Crippen molar-refractivity contribution < 1.29 is 9.47 Å². The Hall–Kier alpha value is -1.37. The maximum absolute atomic E-state index is 5.37. The van der Waals surface area contributed by atoms with Crippen LogP contribution in [0.1, 0.15) is 11.3 Å². The molecule has 0 amide bonds. The molecular formula is C11H13NO2. The lowest BCUT2D eigenvalue weighted by Crippen LogP contribution is -2.29. The average molecular weight is 191 g/mol. The van der Waals surface area contributed by atoms with Crippen molar-refractivity contribution >= 4 is 0 Å². The molecule has 0 aliphatic heterocycles. The largest absolute Gasteiger partial charge is 0.338 e. The van der Waals surface area contributed by atoms with Gasteiger partial charge in [0.1, 0.15) is 5.69 Å². The lowest BCUT2D eigenvalue weighted by atomic mass is 10.1. The number of terminal acetylenes is 1. The van der Waals surface area contributed by atoms with Gasteiger partial charge in [-0.05, 0) is 30.5 Å². The highest BCUT2D eigenvalue weighted by molar-refractivity contribution is 5.24. The lowest BCUT2D eigenvalue weighted by Gasteiger charge is -2.24. The zero-order valence-electron chi connectivity index (χ0n) is 8.57. The monoisotopic (exact) mass is 191 g/mol. The first-order valence-corrected chi connectivity index (χ1v) is 4.19. The number of aromatic nitrogens is 1. The van der Waals surface area contributed by atoms with E-state index in [0.29, 0.717) is 5.69 Å². The number of ether oxygens (including phenoxy) is 2. The summed E-state index contributed by atoms with van der Waals surface area (Å²) in [6.07, 6.45) is 7.05. The van der Waals surface area contributed by atoms with E-state index in [4.69, 9.17) is 15.9 Å². The number of hydrogen-bond acceptors (Lipinski definition) is 3. The van der Waals surface area contributed by atoms with Crippen molar-refractivity contribution in [1.29, 1.82) is 0 Å². The molecule has 3 heteroatoms. The molecule has 1 aromatic rings. The molecule has 0 saturated heterocycles. The van der Waals surface area contributed by atoms with Crippen LogP contribution in [0.5, 0.6) is 0 Å². The van der Waals surface area contributed by atoms with Gasteiger partial charge in [-0.15, -0.1) is 6.42 Å². The summed E-state index contributed by atoms with van der Waals surface area (Å²) in [4.78, 5) is 4.13. The first-order valence-electron chi connectivity index (χ1n) is 4.19. The molecular weight excluding hydrogens is 178 g/mol. The van der Waals surface area contributed by atoms with Crippen LogP contribution in [0.25, 0.3) is 0 Å². The summed E-state index contributed by atoms with van der Waals surface area (Å²) in [6.45, 7) is 1.96. The molecule has 0 unspecified atom stereocenters. The molecule has 1 rings (SSSR count). The van der Waals surface area contributed by atoms with E-state index in [1.54, 1.807) is 6.20 Å². The van der Waals surface area contributed by atoms with Gasteiger partial charge in [0.25, 0.3) is 5.79 Å². The van der Waals surface area contributed by atoms with E-state index in [1.165, 1.54) is 14.2 Å². The van der Waals surface area contributed by atoms with E-state index in [0.717, 1.165) is 5.56 Å². The Balaban J connectivity index is 3.19. The Morgan fingerprint density at radius 3 is 2.50 bits per heavy atom. The molecule has 14 heavy (non-hydrogen) atoms. The number of nitrogens with zero attached hydrogens (tertiary/aromatic N) is 1. The van der Waals surface area contributed by atoms with E-state index in [2.05, 4.69) is 10.9 Å². The molecule has 74 valence electrons. The topological polar surface area (TPSA) is 31.4 Å². The van der Waals surface area contributed by atoms with E-state index in [1.807, 2.05) is 19.1 Å². The fraction of sp³-hybridized carbons (Fsp3) is 0.364. The van der Waals surface area contributed by atoms with Crippen LogP contribution < -0.4 is 0 Å². The second-order valence-corrected chi connectivity index (χ2v) is 2.89. The van der Waals surface area contributed by atoms with Crippen LogP contribution in [0.4, 0.5) is 0 Å². The Morgan fingerprint density at radius 2 is 2.07 bits per heavy atom. The van der Waals surface area contributed by atoms with Crippen LogP contribution in [0.3, 0.4) is 0 Å². The highest BCUT2D eigenvalue weighted by Gasteiger charge is 2.31. The summed E-state index contributed by atoms with van der Waals surface area (Å²) in [5.74, 6) is 1.28. The van der Waals surface area contributed by atoms with Crippen LogP contribution in [0.2, 0.25) is 0 Å². The molecule has 0 bridgehead atoms. The molecule has 0 aliphatic carbocycles. The summed E-state index contributed by atoms with van der Waals surface area (Å²) in [7, 11) is 2.99. The van der Waals surface area contributed by atoms with Gasteiger partial charge in [-0.25, -0.2) is 0 Å². The van der Waals surface area contributed by atoms with E-state index >= 15 is 0 Å². The van der Waals surface area contributed by atoms with Crippen molar-refractivity contribution in [2.75, 3.05) is 14.2 Å². The summed E-state index contributed by atoms with van der Waals surface area (Å²) in [5.41, 5.74) is 1.65. The number of rotatable bonds is 3. The van der Waals surface area contributed by atoms with Gasteiger partial charge in [0.2, 0.25) is 0 Å². The summed E-state index contributed by atoms with van der Waals surface area (Å²) in [5, 5.41) is 0. The van der Waals surface area contributed by atoms with Gasteiger partial charge in [0, 0.05) is 20.4 Å². The van der Waals surface area contributed by atoms with Crippen molar-refractivity contribution in [2.45, 2.75) is 12.7 Å². The van der Waals surface area contributed by atoms with Crippen molar-refractivity contribution in [1.82, 2.24) is 4.98 Å². The maximum Gasteiger partial charge on any atom is 0.278 e. The molecule has 0 spiro atoms. The molecule has 3 nitrogen and oxygen atoms in total. The second-order valence-electron chi connectivity index (χ2n) is 2.89. The van der Waals surface area contributed by atoms with E-state index in [9.17, 15) is 0 Å². The van der Waals surface area contributed by atoms with Gasteiger partial charge in [-0.1, -0.05) is 0 Å². The predicted octanol–water partition coefficient (Wildman–Crippen LogP) is 1.47. The number of aryl methyl sites for hydroxylation is 1. The van der Waals surface area contributed by atoms with Crippen molar-refractivity contribution in [3.8, 4) is 12.3 Å². The van der Waals surface area contributed by atoms with Gasteiger partial charge in [0.15, 0.2) is 0 Å². The van der Waals surface area contributed by atoms with Crippen LogP contribution in [0.15, 0.2) is 18.3 Å². The molecule has 1 heterocycles. The van der Waals surface area contributed by atoms with Gasteiger partial charge in [0.05, 0.1) is 0 Å². The third-order valence-electron chi connectivity index (χ3n) is 2.02. The summed E-state index contributed by atoms with van der Waals surface area (Å²) < 4.78 is 10.3. The molecule has 1 aromatic heterocycles. The summed E-state index contributed by atoms with van der Waals surface area (Å²) >= 11 is 0. The third kappa shape index (κ3) is 1.77. The first-order chi connectivity index (χ1) is 6.68. The maximum atomic E-state index is 5.37. The first kappa shape index (κ1) is 10.7. The van der Waals surface area contributed by atoms with Crippen LogP contribution in [-0.4, -0.2) is 19.2 Å². The number of hydrogen-bond donors (Lipinski definition) is 0. The standard InChI is InChI=1S/C11H13NO2/c1-5-11(13-3,14-4)10-8-9(2)6-7-12-10/h1,6-8H,2-4H3. The molecule has 0 fully saturated rings. The minimum Gasteiger partial charge on any atom is -0.338 e. The molecule has 0 aliphatic rings. The Bertz CT molecular complexity index is 351. The normalized spacial score (nSPS) is 11.0. The quantitative estimate of drug-likeness (QED) is 0.535. The lowest BCUT2D eigenvalue weighted by molar-refractivity contribution is -0.172. The third-order valence-corrected chi connectivity index (χ3v) is 2.02. The average Bonchev–Trinajstić information content (AvgIpc) is 2.22. The fourth-order valence-corrected chi connectivity index (χ4v) is 1.20. The molecule has 0 radical (unpaired) electrons. The second kappa shape index (κ2) is 4.23. The van der Waals surface area contributed by atoms with Gasteiger partial charge in [-0.3, -0.25) is 4.98 Å². The zero-order valence-corrected chi connectivity index (χ0v) is 8.57. The minimum atomic E-state index is -1.17. The van der Waals surface area contributed by atoms with Crippen LogP contribution >= 0.6 is 0 Å². The molecule has 0 aromatic carbocycles. The highest BCUT2D eigenvalue weighted by Crippen LogP contribution is 2.23. The Kier molecular flexibility index (Phi) is 3.23. The Morgan fingerprint density at radius 1 is 1.43 bits per heavy atom. The van der Waals surface area contributed by atoms with Crippen molar-refractivity contribution in [3.63, 3.8) is 0 Å². The van der Waals surface area contributed by atoms with Crippen LogP contribution in [0, 0.1) is 19.3 Å². The van der Waals surface area contributed by atoms with Crippen molar-refractivity contribution in [2.24, 2.45) is 0 Å². The zero-order chi connectivity index (χ0) is 10.6. The smallest absolute Gasteiger partial charge is 0.278 e. The van der Waals surface area contributed by atoms with Crippen molar-refractivity contribution in [3.05, 3.63) is 29.6 Å². The Labute approximate surface area is 84.1 Å². The number of pyridine rings is 1. The van der Waals surface area contributed by atoms with E-state index in [-0.39, 0.29) is 0 Å². The van der Waals surface area contributed by atoms with Crippen LogP contribution in [-0.2, 0) is 15.3 Å². The highest BCUT2D eigenvalue weighted by atomic mass is 16.7. The fourth-order valence-electron chi connectivity index (χ4n) is 1.20. The molecule has 0 atom stereocenters. The summed E-state index contributed by atoms with van der Waals surface area (Å²) in [6, 6.07) is 3.73. The minimum absolute atomic E-state index is 0.588. The molecule has 0 saturated carbocycles. The van der Waals surface area contributed by atoms with Gasteiger partial charge in [-0.2, -0.15) is 0 Å². The SMILES string of the molecule is C#CC(OC)(OC)c1cc(C)ccn1. The predicted molar refractivity (Wildman–Crippen MR) is 53.5 cm³/mol. The number of methoxy groups -OCH3 is 2. The van der Waals surface area contributed by atoms with Gasteiger partial charge >= 0.3 is 0 Å². The van der Waals surface area contributed by atoms with E-state index < -0.39 is 5.79 Å². The van der Waals surface area contributed by atoms with Gasteiger partial charge < -0.3 is 9.47 Å².